The molecule has 0 aliphatic rings. The number of imidazole rings is 1. The van der Waals surface area contributed by atoms with Crippen molar-refractivity contribution in [1.29, 1.82) is 0 Å². The van der Waals surface area contributed by atoms with Crippen molar-refractivity contribution in [2.24, 2.45) is 0 Å². The summed E-state index contributed by atoms with van der Waals surface area (Å²) in [6.07, 6.45) is 2.07. The number of nitrogens with zero attached hydrogens (tertiary/aromatic N) is 3. The predicted octanol–water partition coefficient (Wildman–Crippen LogP) is 3.86. The summed E-state index contributed by atoms with van der Waals surface area (Å²) in [6.45, 7) is 2.76. The fourth-order valence-electron chi connectivity index (χ4n) is 2.40. The van der Waals surface area contributed by atoms with Gasteiger partial charge in [-0.2, -0.15) is 0 Å². The number of aryl methyl sites for hydroxylation is 1. The summed E-state index contributed by atoms with van der Waals surface area (Å²) in [5, 5.41) is 4.30. The number of aromatic nitrogens is 3. The van der Waals surface area contributed by atoms with Crippen LogP contribution in [0.3, 0.4) is 0 Å². The molecule has 3 heterocycles. The van der Waals surface area contributed by atoms with Gasteiger partial charge < -0.3 is 9.72 Å². The molecular formula is C16H14N4S. The van der Waals surface area contributed by atoms with Gasteiger partial charge in [-0.3, -0.25) is 0 Å². The highest BCUT2D eigenvalue weighted by atomic mass is 32.1. The molecule has 0 radical (unpaired) electrons. The maximum atomic E-state index is 4.62. The van der Waals surface area contributed by atoms with Crippen molar-refractivity contribution in [3.05, 3.63) is 60.0 Å². The van der Waals surface area contributed by atoms with Gasteiger partial charge in [-0.15, -0.1) is 0 Å². The second kappa shape index (κ2) is 4.86. The van der Waals surface area contributed by atoms with E-state index in [0.29, 0.717) is 6.54 Å². The van der Waals surface area contributed by atoms with E-state index in [9.17, 15) is 0 Å². The minimum absolute atomic E-state index is 0.681. The van der Waals surface area contributed by atoms with E-state index < -0.39 is 0 Å². The second-order valence-electron chi connectivity index (χ2n) is 4.97. The fraction of sp³-hybridized carbons (Fsp3) is 0.125. The third-order valence-corrected chi connectivity index (χ3v) is 4.45. The molecule has 0 atom stereocenters. The Morgan fingerprint density at radius 1 is 1.10 bits per heavy atom. The Hall–Kier alpha value is -2.40. The van der Waals surface area contributed by atoms with Crippen LogP contribution in [-0.2, 0) is 6.54 Å². The number of hydrogen-bond acceptors (Lipinski definition) is 4. The summed E-state index contributed by atoms with van der Waals surface area (Å²) >= 11 is 1.67. The molecule has 0 fully saturated rings. The molecular weight excluding hydrogens is 280 g/mol. The summed E-state index contributed by atoms with van der Waals surface area (Å²) < 4.78 is 3.31. The first-order valence-corrected chi connectivity index (χ1v) is 7.64. The van der Waals surface area contributed by atoms with Crippen molar-refractivity contribution in [2.75, 3.05) is 5.32 Å². The van der Waals surface area contributed by atoms with Crippen molar-refractivity contribution in [3.63, 3.8) is 0 Å². The molecule has 0 unspecified atom stereocenters. The zero-order valence-corrected chi connectivity index (χ0v) is 12.4. The molecule has 3 aromatic heterocycles. The number of benzene rings is 1. The molecule has 4 rings (SSSR count). The standard InChI is InChI=1S/C16H14N4S/c1-11-5-4-8-15-18-12(10-20(11)15)9-17-16-19-13-6-2-3-7-14(13)21-16/h2-8,10H,9H2,1H3,(H,17,19). The van der Waals surface area contributed by atoms with Crippen LogP contribution >= 0.6 is 11.3 Å². The Labute approximate surface area is 126 Å². The van der Waals surface area contributed by atoms with Gasteiger partial charge in [-0.05, 0) is 31.2 Å². The van der Waals surface area contributed by atoms with E-state index in [1.165, 1.54) is 10.4 Å². The number of hydrogen-bond donors (Lipinski definition) is 1. The Morgan fingerprint density at radius 3 is 2.86 bits per heavy atom. The lowest BCUT2D eigenvalue weighted by Gasteiger charge is -1.97. The molecule has 0 spiro atoms. The van der Waals surface area contributed by atoms with E-state index >= 15 is 0 Å². The molecule has 0 saturated carbocycles. The lowest BCUT2D eigenvalue weighted by atomic mass is 10.3. The van der Waals surface area contributed by atoms with Crippen LogP contribution in [0, 0.1) is 6.92 Å². The van der Waals surface area contributed by atoms with Gasteiger partial charge in [0.25, 0.3) is 0 Å². The van der Waals surface area contributed by atoms with Gasteiger partial charge in [-0.25, -0.2) is 9.97 Å². The van der Waals surface area contributed by atoms with Crippen molar-refractivity contribution in [2.45, 2.75) is 13.5 Å². The summed E-state index contributed by atoms with van der Waals surface area (Å²) in [6, 6.07) is 14.3. The highest BCUT2D eigenvalue weighted by Crippen LogP contribution is 2.25. The number of fused-ring (bicyclic) bond motifs is 2. The molecule has 0 aliphatic carbocycles. The van der Waals surface area contributed by atoms with Gasteiger partial charge in [0.05, 0.1) is 22.5 Å². The first-order chi connectivity index (χ1) is 10.3. The van der Waals surface area contributed by atoms with Gasteiger partial charge in [0.15, 0.2) is 5.13 Å². The van der Waals surface area contributed by atoms with Crippen LogP contribution in [0.4, 0.5) is 5.13 Å². The third-order valence-electron chi connectivity index (χ3n) is 3.46. The highest BCUT2D eigenvalue weighted by Gasteiger charge is 2.05. The van der Waals surface area contributed by atoms with Gasteiger partial charge >= 0.3 is 0 Å². The molecule has 0 saturated heterocycles. The molecule has 21 heavy (non-hydrogen) atoms. The van der Waals surface area contributed by atoms with Crippen LogP contribution in [0.2, 0.25) is 0 Å². The van der Waals surface area contributed by atoms with Crippen LogP contribution < -0.4 is 5.32 Å². The van der Waals surface area contributed by atoms with Gasteiger partial charge in [0, 0.05) is 11.9 Å². The number of nitrogens with one attached hydrogen (secondary N) is 1. The zero-order valence-electron chi connectivity index (χ0n) is 11.6. The Balaban J connectivity index is 1.58. The number of pyridine rings is 1. The normalized spacial score (nSPS) is 11.3. The average Bonchev–Trinajstić information content (AvgIpc) is 3.09. The molecule has 104 valence electrons. The first kappa shape index (κ1) is 12.3. The summed E-state index contributed by atoms with van der Waals surface area (Å²) in [5.41, 5.74) is 4.22. The van der Waals surface area contributed by atoms with Crippen LogP contribution in [0.25, 0.3) is 15.9 Å². The van der Waals surface area contributed by atoms with E-state index in [1.54, 1.807) is 11.3 Å². The molecule has 1 N–H and O–H groups in total. The average molecular weight is 294 g/mol. The lowest BCUT2D eigenvalue weighted by Crippen LogP contribution is -1.98. The van der Waals surface area contributed by atoms with Crippen LogP contribution in [0.15, 0.2) is 48.7 Å². The minimum Gasteiger partial charge on any atom is -0.356 e. The third kappa shape index (κ3) is 2.25. The quantitative estimate of drug-likeness (QED) is 0.624. The van der Waals surface area contributed by atoms with Crippen molar-refractivity contribution >= 4 is 32.3 Å². The zero-order chi connectivity index (χ0) is 14.2. The summed E-state index contributed by atoms with van der Waals surface area (Å²) in [7, 11) is 0. The number of para-hydroxylation sites is 1. The fourth-order valence-corrected chi connectivity index (χ4v) is 3.26. The number of thiazole rings is 1. The highest BCUT2D eigenvalue weighted by molar-refractivity contribution is 7.22. The largest absolute Gasteiger partial charge is 0.356 e. The minimum atomic E-state index is 0.681. The maximum absolute atomic E-state index is 4.62. The smallest absolute Gasteiger partial charge is 0.184 e. The van der Waals surface area contributed by atoms with Gasteiger partial charge in [0.1, 0.15) is 5.65 Å². The van der Waals surface area contributed by atoms with Crippen LogP contribution in [0.1, 0.15) is 11.4 Å². The molecule has 5 heteroatoms. The van der Waals surface area contributed by atoms with Crippen molar-refractivity contribution in [1.82, 2.24) is 14.4 Å². The Kier molecular flexibility index (Phi) is 2.86. The summed E-state index contributed by atoms with van der Waals surface area (Å²) in [4.78, 5) is 9.19. The SMILES string of the molecule is Cc1cccc2nc(CNc3nc4ccccc4s3)cn12. The second-order valence-corrected chi connectivity index (χ2v) is 6.00. The molecule has 0 aliphatic heterocycles. The van der Waals surface area contributed by atoms with Gasteiger partial charge in [0.2, 0.25) is 0 Å². The Bertz CT molecular complexity index is 889. The molecule has 4 aromatic rings. The van der Waals surface area contributed by atoms with E-state index in [4.69, 9.17) is 0 Å². The number of rotatable bonds is 3. The number of anilines is 1. The van der Waals surface area contributed by atoms with E-state index in [2.05, 4.69) is 44.9 Å². The summed E-state index contributed by atoms with van der Waals surface area (Å²) in [5.74, 6) is 0. The predicted molar refractivity (Wildman–Crippen MR) is 86.9 cm³/mol. The topological polar surface area (TPSA) is 42.2 Å². The van der Waals surface area contributed by atoms with E-state index in [0.717, 1.165) is 22.0 Å². The van der Waals surface area contributed by atoms with E-state index in [-0.39, 0.29) is 0 Å². The van der Waals surface area contributed by atoms with E-state index in [1.807, 2.05) is 30.3 Å². The molecule has 0 bridgehead atoms. The molecule has 1 aromatic carbocycles. The molecule has 0 amide bonds. The lowest BCUT2D eigenvalue weighted by molar-refractivity contribution is 1.06. The monoisotopic (exact) mass is 294 g/mol. The first-order valence-electron chi connectivity index (χ1n) is 6.83. The van der Waals surface area contributed by atoms with Crippen LogP contribution in [-0.4, -0.2) is 14.4 Å². The molecule has 4 nitrogen and oxygen atoms in total. The maximum Gasteiger partial charge on any atom is 0.184 e. The van der Waals surface area contributed by atoms with Crippen molar-refractivity contribution in [3.8, 4) is 0 Å². The Morgan fingerprint density at radius 2 is 2.00 bits per heavy atom. The van der Waals surface area contributed by atoms with Gasteiger partial charge in [-0.1, -0.05) is 29.5 Å². The van der Waals surface area contributed by atoms with Crippen LogP contribution in [0.5, 0.6) is 0 Å². The van der Waals surface area contributed by atoms with Crippen molar-refractivity contribution < 1.29 is 0 Å².